The van der Waals surface area contributed by atoms with Crippen LogP contribution in [0.2, 0.25) is 0 Å². The van der Waals surface area contributed by atoms with Crippen LogP contribution in [0.4, 0.5) is 0 Å². The third kappa shape index (κ3) is 2.51. The van der Waals surface area contributed by atoms with Crippen LogP contribution in [0.1, 0.15) is 38.5 Å². The molecule has 3 rings (SSSR count). The smallest absolute Gasteiger partial charge is 0.0803 e. The van der Waals surface area contributed by atoms with E-state index < -0.39 is 0 Å². The van der Waals surface area contributed by atoms with E-state index in [4.69, 9.17) is 0 Å². The molecule has 1 heterocycles. The number of nitrogens with one attached hydrogen (secondary N) is 1. The molecule has 3 atom stereocenters. The Balaban J connectivity index is 1.60. The summed E-state index contributed by atoms with van der Waals surface area (Å²) in [5, 5.41) is 14.2. The maximum Gasteiger partial charge on any atom is 0.0803 e. The van der Waals surface area contributed by atoms with Gasteiger partial charge in [-0.3, -0.25) is 0 Å². The second-order valence-corrected chi connectivity index (χ2v) is 6.53. The molecule has 0 unspecified atom stereocenters. The van der Waals surface area contributed by atoms with E-state index in [1.807, 2.05) is 0 Å². The van der Waals surface area contributed by atoms with Gasteiger partial charge in [0.25, 0.3) is 0 Å². The largest absolute Gasteiger partial charge is 0.388 e. The molecule has 0 bridgehead atoms. The van der Waals surface area contributed by atoms with Crippen LogP contribution < -0.4 is 5.32 Å². The number of hydrogen-bond acceptors (Lipinski definition) is 3. The minimum atomic E-state index is -0.375. The summed E-state index contributed by atoms with van der Waals surface area (Å²) >= 11 is 0. The highest BCUT2D eigenvalue weighted by molar-refractivity contribution is 5.00. The molecule has 0 aromatic rings. The fourth-order valence-electron chi connectivity index (χ4n) is 3.79. The van der Waals surface area contributed by atoms with Gasteiger partial charge < -0.3 is 15.3 Å². The van der Waals surface area contributed by atoms with E-state index >= 15 is 0 Å². The second-order valence-electron chi connectivity index (χ2n) is 6.53. The van der Waals surface area contributed by atoms with Gasteiger partial charge in [-0.25, -0.2) is 0 Å². The zero-order valence-electron chi connectivity index (χ0n) is 11.0. The van der Waals surface area contributed by atoms with Crippen molar-refractivity contribution in [2.45, 2.75) is 50.2 Å². The van der Waals surface area contributed by atoms with Crippen LogP contribution in [0.25, 0.3) is 0 Å². The molecule has 0 aromatic heterocycles. The number of likely N-dealkylation sites (tertiary alicyclic amines) is 1. The number of nitrogens with zero attached hydrogens (tertiary/aromatic N) is 1. The lowest BCUT2D eigenvalue weighted by Crippen LogP contribution is -2.58. The summed E-state index contributed by atoms with van der Waals surface area (Å²) in [6, 6.07) is 0.634. The molecular weight excluding hydrogens is 212 g/mol. The Morgan fingerprint density at radius 2 is 2.12 bits per heavy atom. The molecule has 2 saturated carbocycles. The highest BCUT2D eigenvalue weighted by Gasteiger charge is 2.45. The van der Waals surface area contributed by atoms with Crippen molar-refractivity contribution in [1.82, 2.24) is 10.2 Å². The molecule has 98 valence electrons. The van der Waals surface area contributed by atoms with Crippen molar-refractivity contribution in [2.24, 2.45) is 11.8 Å². The molecule has 3 heteroatoms. The molecule has 3 aliphatic rings. The Labute approximate surface area is 105 Å². The average Bonchev–Trinajstić information content (AvgIpc) is 3.11. The summed E-state index contributed by atoms with van der Waals surface area (Å²) in [5.41, 5.74) is -0.375. The monoisotopic (exact) mass is 238 g/mol. The first-order valence-corrected chi connectivity index (χ1v) is 7.31. The van der Waals surface area contributed by atoms with Crippen LogP contribution in [0.5, 0.6) is 0 Å². The van der Waals surface area contributed by atoms with Crippen molar-refractivity contribution in [3.63, 3.8) is 0 Å². The molecule has 1 aliphatic heterocycles. The summed E-state index contributed by atoms with van der Waals surface area (Å²) in [6.45, 7) is 3.38. The first kappa shape index (κ1) is 11.9. The van der Waals surface area contributed by atoms with Crippen LogP contribution in [-0.4, -0.2) is 48.3 Å². The highest BCUT2D eigenvalue weighted by Crippen LogP contribution is 2.41. The quantitative estimate of drug-likeness (QED) is 0.776. The van der Waals surface area contributed by atoms with Gasteiger partial charge in [0.05, 0.1) is 5.60 Å². The zero-order chi connectivity index (χ0) is 11.9. The molecule has 3 fully saturated rings. The number of β-amino-alcohol motifs (C(OH)–C–C–N with tert-alkyl or cyclic N) is 1. The fourth-order valence-corrected chi connectivity index (χ4v) is 3.79. The Kier molecular flexibility index (Phi) is 3.18. The van der Waals surface area contributed by atoms with Gasteiger partial charge >= 0.3 is 0 Å². The molecule has 0 aromatic carbocycles. The van der Waals surface area contributed by atoms with Gasteiger partial charge in [-0.05, 0) is 64.0 Å². The average molecular weight is 238 g/mol. The Bertz CT molecular complexity index is 279. The number of piperidine rings is 1. The van der Waals surface area contributed by atoms with Gasteiger partial charge in [0.15, 0.2) is 0 Å². The van der Waals surface area contributed by atoms with Crippen molar-refractivity contribution >= 4 is 0 Å². The predicted octanol–water partition coefficient (Wildman–Crippen LogP) is 1.22. The van der Waals surface area contributed by atoms with E-state index in [1.54, 1.807) is 0 Å². The molecule has 3 nitrogen and oxygen atoms in total. The molecule has 2 N–H and O–H groups in total. The molecule has 2 aliphatic carbocycles. The highest BCUT2D eigenvalue weighted by atomic mass is 16.3. The number of aliphatic hydroxyl groups is 1. The zero-order valence-corrected chi connectivity index (χ0v) is 11.0. The third-order valence-corrected chi connectivity index (χ3v) is 5.17. The molecule has 0 amide bonds. The molecule has 0 spiro atoms. The van der Waals surface area contributed by atoms with Crippen molar-refractivity contribution in [3.05, 3.63) is 0 Å². The predicted molar refractivity (Wildman–Crippen MR) is 68.9 cm³/mol. The van der Waals surface area contributed by atoms with E-state index in [0.717, 1.165) is 25.3 Å². The molecule has 1 saturated heterocycles. The summed E-state index contributed by atoms with van der Waals surface area (Å²) in [5.74, 6) is 1.48. The van der Waals surface area contributed by atoms with Crippen LogP contribution in [-0.2, 0) is 0 Å². The van der Waals surface area contributed by atoms with Gasteiger partial charge in [0.2, 0.25) is 0 Å². The Hall–Kier alpha value is -0.120. The summed E-state index contributed by atoms with van der Waals surface area (Å²) < 4.78 is 0. The third-order valence-electron chi connectivity index (χ3n) is 5.17. The summed E-state index contributed by atoms with van der Waals surface area (Å²) in [4.78, 5) is 2.52. The van der Waals surface area contributed by atoms with Crippen LogP contribution in [0, 0.1) is 11.8 Å². The number of hydrogen-bond donors (Lipinski definition) is 2. The first-order chi connectivity index (χ1) is 8.19. The standard InChI is InChI=1S/C14H26N2O/c1-15-13-4-6-14(17)10-16(9-11-2-3-11)7-5-12(14)8-13/h11-13,15,17H,2-10H2,1H3/t12-,13-,14-/m1/s1. The number of fused-ring (bicyclic) bond motifs is 1. The van der Waals surface area contributed by atoms with Gasteiger partial charge in [0, 0.05) is 19.1 Å². The van der Waals surface area contributed by atoms with Crippen molar-refractivity contribution in [3.8, 4) is 0 Å². The molecule has 17 heavy (non-hydrogen) atoms. The summed E-state index contributed by atoms with van der Waals surface area (Å²) in [7, 11) is 2.05. The van der Waals surface area contributed by atoms with Gasteiger partial charge in [-0.15, -0.1) is 0 Å². The second kappa shape index (κ2) is 4.52. The first-order valence-electron chi connectivity index (χ1n) is 7.31. The minimum absolute atomic E-state index is 0.375. The van der Waals surface area contributed by atoms with E-state index in [2.05, 4.69) is 17.3 Å². The maximum absolute atomic E-state index is 10.8. The number of rotatable bonds is 3. The lowest BCUT2D eigenvalue weighted by molar-refractivity contribution is -0.105. The fraction of sp³-hybridized carbons (Fsp3) is 1.00. The normalized spacial score (nSPS) is 43.4. The SMILES string of the molecule is CN[C@@H]1CC[C@@]2(O)CN(CC3CC3)CC[C@@H]2C1. The van der Waals surface area contributed by atoms with E-state index in [1.165, 1.54) is 38.8 Å². The van der Waals surface area contributed by atoms with E-state index in [-0.39, 0.29) is 5.60 Å². The van der Waals surface area contributed by atoms with E-state index in [9.17, 15) is 5.11 Å². The van der Waals surface area contributed by atoms with Gasteiger partial charge in [0.1, 0.15) is 0 Å². The van der Waals surface area contributed by atoms with Crippen molar-refractivity contribution in [2.75, 3.05) is 26.7 Å². The summed E-state index contributed by atoms with van der Waals surface area (Å²) in [6.07, 6.45) is 7.33. The Morgan fingerprint density at radius 1 is 1.29 bits per heavy atom. The van der Waals surface area contributed by atoms with Crippen molar-refractivity contribution < 1.29 is 5.11 Å². The van der Waals surface area contributed by atoms with Crippen LogP contribution >= 0.6 is 0 Å². The van der Waals surface area contributed by atoms with Crippen LogP contribution in [0.3, 0.4) is 0 Å². The Morgan fingerprint density at radius 3 is 2.82 bits per heavy atom. The van der Waals surface area contributed by atoms with Crippen LogP contribution in [0.15, 0.2) is 0 Å². The minimum Gasteiger partial charge on any atom is -0.388 e. The van der Waals surface area contributed by atoms with Crippen molar-refractivity contribution in [1.29, 1.82) is 0 Å². The van der Waals surface area contributed by atoms with Gasteiger partial charge in [-0.1, -0.05) is 0 Å². The topological polar surface area (TPSA) is 35.5 Å². The lowest BCUT2D eigenvalue weighted by Gasteiger charge is -2.49. The molecular formula is C14H26N2O. The molecule has 0 radical (unpaired) electrons. The lowest BCUT2D eigenvalue weighted by atomic mass is 9.69. The maximum atomic E-state index is 10.8. The van der Waals surface area contributed by atoms with E-state index in [0.29, 0.717) is 12.0 Å². The van der Waals surface area contributed by atoms with Gasteiger partial charge in [-0.2, -0.15) is 0 Å².